The molecular weight excluding hydrogens is 348 g/mol. The van der Waals surface area contributed by atoms with Gasteiger partial charge in [-0.2, -0.15) is 0 Å². The number of piperazine rings is 1. The lowest BCUT2D eigenvalue weighted by Crippen LogP contribution is -2.51. The van der Waals surface area contributed by atoms with Gasteiger partial charge < -0.3 is 9.64 Å². The third-order valence-corrected chi connectivity index (χ3v) is 6.72. The summed E-state index contributed by atoms with van der Waals surface area (Å²) in [6.45, 7) is 4.92. The number of allylic oxidation sites excluding steroid dienone is 2. The highest BCUT2D eigenvalue weighted by atomic mass is 16.5. The van der Waals surface area contributed by atoms with Gasteiger partial charge >= 0.3 is 0 Å². The van der Waals surface area contributed by atoms with E-state index < -0.39 is 0 Å². The SMILES string of the molecule is O=C(COc1ccc2ccccc2c1)N1CCN(C[C@@H]2C[C@H]3C=C[C@@H]2C3)CC1. The summed E-state index contributed by atoms with van der Waals surface area (Å²) in [5, 5.41) is 2.32. The van der Waals surface area contributed by atoms with Gasteiger partial charge in [-0.25, -0.2) is 0 Å². The van der Waals surface area contributed by atoms with Crippen LogP contribution in [0.4, 0.5) is 0 Å². The fourth-order valence-corrected chi connectivity index (χ4v) is 5.11. The predicted molar refractivity (Wildman–Crippen MR) is 111 cm³/mol. The molecule has 0 spiro atoms. The molecule has 4 heteroatoms. The zero-order valence-corrected chi connectivity index (χ0v) is 16.3. The second-order valence-electron chi connectivity index (χ2n) is 8.52. The Labute approximate surface area is 166 Å². The molecule has 5 rings (SSSR count). The minimum atomic E-state index is 0.0932. The predicted octanol–water partition coefficient (Wildman–Crippen LogP) is 3.58. The number of carbonyl (C=O) groups is 1. The number of amides is 1. The van der Waals surface area contributed by atoms with Crippen LogP contribution in [0, 0.1) is 17.8 Å². The number of nitrogens with zero attached hydrogens (tertiary/aromatic N) is 2. The van der Waals surface area contributed by atoms with Gasteiger partial charge in [0.25, 0.3) is 5.91 Å². The molecule has 3 aliphatic rings. The maximum Gasteiger partial charge on any atom is 0.260 e. The zero-order valence-electron chi connectivity index (χ0n) is 16.3. The molecule has 0 aromatic heterocycles. The molecule has 2 aliphatic carbocycles. The van der Waals surface area contributed by atoms with Crippen molar-refractivity contribution in [2.75, 3.05) is 39.3 Å². The lowest BCUT2D eigenvalue weighted by molar-refractivity contribution is -0.135. The number of ether oxygens (including phenoxy) is 1. The van der Waals surface area contributed by atoms with Crippen LogP contribution in [0.5, 0.6) is 5.75 Å². The molecule has 2 fully saturated rings. The molecule has 0 N–H and O–H groups in total. The molecule has 2 aromatic rings. The van der Waals surface area contributed by atoms with Gasteiger partial charge in [0, 0.05) is 32.7 Å². The Morgan fingerprint density at radius 1 is 0.964 bits per heavy atom. The smallest absolute Gasteiger partial charge is 0.260 e. The van der Waals surface area contributed by atoms with Gasteiger partial charge in [0.1, 0.15) is 5.75 Å². The van der Waals surface area contributed by atoms with Crippen molar-refractivity contribution in [2.45, 2.75) is 12.8 Å². The van der Waals surface area contributed by atoms with Crippen LogP contribution in [-0.4, -0.2) is 55.0 Å². The number of carbonyl (C=O) groups excluding carboxylic acids is 1. The Kier molecular flexibility index (Phi) is 4.81. The highest BCUT2D eigenvalue weighted by Gasteiger charge is 2.36. The molecule has 28 heavy (non-hydrogen) atoms. The van der Waals surface area contributed by atoms with Crippen molar-refractivity contribution in [3.05, 3.63) is 54.6 Å². The van der Waals surface area contributed by atoms with Gasteiger partial charge in [0.15, 0.2) is 6.61 Å². The summed E-state index contributed by atoms with van der Waals surface area (Å²) in [5.74, 6) is 3.32. The fourth-order valence-electron chi connectivity index (χ4n) is 5.11. The largest absolute Gasteiger partial charge is 0.484 e. The Balaban J connectivity index is 1.09. The Bertz CT molecular complexity index is 885. The molecule has 1 aliphatic heterocycles. The quantitative estimate of drug-likeness (QED) is 0.748. The fraction of sp³-hybridized carbons (Fsp3) is 0.458. The normalized spacial score (nSPS) is 26.9. The van der Waals surface area contributed by atoms with Crippen LogP contribution in [0.2, 0.25) is 0 Å². The molecule has 146 valence electrons. The highest BCUT2D eigenvalue weighted by Crippen LogP contribution is 2.43. The minimum absolute atomic E-state index is 0.0932. The van der Waals surface area contributed by atoms with Gasteiger partial charge in [-0.1, -0.05) is 42.5 Å². The van der Waals surface area contributed by atoms with Crippen molar-refractivity contribution < 1.29 is 9.53 Å². The van der Waals surface area contributed by atoms with Crippen molar-refractivity contribution in [1.82, 2.24) is 9.80 Å². The molecule has 1 saturated carbocycles. The van der Waals surface area contributed by atoms with Crippen molar-refractivity contribution in [3.8, 4) is 5.75 Å². The molecule has 4 nitrogen and oxygen atoms in total. The van der Waals surface area contributed by atoms with Crippen LogP contribution < -0.4 is 4.74 Å². The second-order valence-corrected chi connectivity index (χ2v) is 8.52. The van der Waals surface area contributed by atoms with Gasteiger partial charge in [-0.15, -0.1) is 0 Å². The van der Waals surface area contributed by atoms with E-state index in [2.05, 4.69) is 29.2 Å². The molecule has 1 heterocycles. The van der Waals surface area contributed by atoms with Crippen LogP contribution in [-0.2, 0) is 4.79 Å². The summed E-state index contributed by atoms with van der Waals surface area (Å²) < 4.78 is 5.78. The Morgan fingerprint density at radius 2 is 1.79 bits per heavy atom. The highest BCUT2D eigenvalue weighted by molar-refractivity contribution is 5.84. The molecule has 1 saturated heterocycles. The van der Waals surface area contributed by atoms with Crippen molar-refractivity contribution in [1.29, 1.82) is 0 Å². The van der Waals surface area contributed by atoms with E-state index in [0.29, 0.717) is 0 Å². The lowest BCUT2D eigenvalue weighted by Gasteiger charge is -2.36. The molecule has 3 atom stereocenters. The Hall–Kier alpha value is -2.33. The number of fused-ring (bicyclic) bond motifs is 3. The first-order valence-electron chi connectivity index (χ1n) is 10.5. The van der Waals surface area contributed by atoms with Gasteiger partial charge in [-0.05, 0) is 53.5 Å². The van der Waals surface area contributed by atoms with Crippen molar-refractivity contribution in [3.63, 3.8) is 0 Å². The molecule has 0 radical (unpaired) electrons. The summed E-state index contributed by atoms with van der Waals surface area (Å²) in [5.41, 5.74) is 0. The number of hydrogen-bond acceptors (Lipinski definition) is 3. The number of benzene rings is 2. The standard InChI is InChI=1S/C24H28N2O2/c27-24(17-28-23-8-7-19-3-1-2-4-20(19)15-23)26-11-9-25(10-12-26)16-22-14-18-5-6-21(22)13-18/h1-8,15,18,21-22H,9-14,16-17H2/t18-,21+,22-/m0/s1. The Morgan fingerprint density at radius 3 is 2.54 bits per heavy atom. The zero-order chi connectivity index (χ0) is 18.9. The first-order chi connectivity index (χ1) is 13.7. The van der Waals surface area contributed by atoms with E-state index in [9.17, 15) is 4.79 Å². The van der Waals surface area contributed by atoms with Crippen LogP contribution in [0.15, 0.2) is 54.6 Å². The lowest BCUT2D eigenvalue weighted by atomic mass is 9.93. The van der Waals surface area contributed by atoms with E-state index in [1.54, 1.807) is 0 Å². The average molecular weight is 377 g/mol. The third-order valence-electron chi connectivity index (χ3n) is 6.72. The van der Waals surface area contributed by atoms with Gasteiger partial charge in [0.2, 0.25) is 0 Å². The average Bonchev–Trinajstić information content (AvgIpc) is 3.36. The summed E-state index contributed by atoms with van der Waals surface area (Å²) in [6, 6.07) is 14.2. The number of hydrogen-bond donors (Lipinski definition) is 0. The van der Waals surface area contributed by atoms with E-state index in [1.165, 1.54) is 24.8 Å². The maximum absolute atomic E-state index is 12.6. The van der Waals surface area contributed by atoms with E-state index in [0.717, 1.165) is 55.1 Å². The molecule has 2 bridgehead atoms. The summed E-state index contributed by atoms with van der Waals surface area (Å²) in [7, 11) is 0. The summed E-state index contributed by atoms with van der Waals surface area (Å²) >= 11 is 0. The van der Waals surface area contributed by atoms with Gasteiger partial charge in [0.05, 0.1) is 0 Å². The molecular formula is C24H28N2O2. The van der Waals surface area contributed by atoms with Crippen LogP contribution >= 0.6 is 0 Å². The van der Waals surface area contributed by atoms with Crippen LogP contribution in [0.25, 0.3) is 10.8 Å². The molecule has 2 aromatic carbocycles. The van der Waals surface area contributed by atoms with E-state index in [1.807, 2.05) is 35.2 Å². The van der Waals surface area contributed by atoms with Gasteiger partial charge in [-0.3, -0.25) is 9.69 Å². The minimum Gasteiger partial charge on any atom is -0.484 e. The number of rotatable bonds is 5. The van der Waals surface area contributed by atoms with Crippen LogP contribution in [0.3, 0.4) is 0 Å². The third kappa shape index (κ3) is 3.66. The van der Waals surface area contributed by atoms with E-state index >= 15 is 0 Å². The summed E-state index contributed by atoms with van der Waals surface area (Å²) in [6.07, 6.45) is 7.57. The second kappa shape index (κ2) is 7.59. The van der Waals surface area contributed by atoms with E-state index in [-0.39, 0.29) is 12.5 Å². The maximum atomic E-state index is 12.6. The first kappa shape index (κ1) is 17.7. The van der Waals surface area contributed by atoms with E-state index in [4.69, 9.17) is 4.74 Å². The monoisotopic (exact) mass is 376 g/mol. The molecule has 0 unspecified atom stereocenters. The van der Waals surface area contributed by atoms with Crippen molar-refractivity contribution in [2.24, 2.45) is 17.8 Å². The first-order valence-corrected chi connectivity index (χ1v) is 10.5. The van der Waals surface area contributed by atoms with Crippen molar-refractivity contribution >= 4 is 16.7 Å². The molecule has 1 amide bonds. The topological polar surface area (TPSA) is 32.8 Å². The van der Waals surface area contributed by atoms with Crippen LogP contribution in [0.1, 0.15) is 12.8 Å². The summed E-state index contributed by atoms with van der Waals surface area (Å²) in [4.78, 5) is 17.1.